The lowest BCUT2D eigenvalue weighted by Crippen LogP contribution is -2.37. The van der Waals surface area contributed by atoms with Gasteiger partial charge in [0.1, 0.15) is 5.82 Å². The fourth-order valence-electron chi connectivity index (χ4n) is 4.69. The third kappa shape index (κ3) is 3.63. The average molecular weight is 450 g/mol. The van der Waals surface area contributed by atoms with Crippen LogP contribution >= 0.6 is 0 Å². The predicted octanol–water partition coefficient (Wildman–Crippen LogP) is 3.45. The van der Waals surface area contributed by atoms with E-state index in [2.05, 4.69) is 19.9 Å². The molecule has 2 aromatic heterocycles. The lowest BCUT2D eigenvalue weighted by atomic mass is 10.0. The van der Waals surface area contributed by atoms with E-state index in [1.165, 1.54) is 0 Å². The van der Waals surface area contributed by atoms with E-state index >= 15 is 0 Å². The van der Waals surface area contributed by atoms with Crippen LogP contribution in [0.3, 0.4) is 0 Å². The maximum atomic E-state index is 12.7. The molecule has 0 bridgehead atoms. The quantitative estimate of drug-likeness (QED) is 0.499. The number of H-pyrrole nitrogens is 1. The molecule has 0 spiro atoms. The van der Waals surface area contributed by atoms with Crippen LogP contribution in [-0.4, -0.2) is 53.9 Å². The molecule has 0 amide bonds. The Kier molecular flexibility index (Phi) is 5.32. The summed E-state index contributed by atoms with van der Waals surface area (Å²) in [6.07, 6.45) is 1.64. The van der Waals surface area contributed by atoms with Crippen LogP contribution in [-0.2, 0) is 0 Å². The van der Waals surface area contributed by atoms with Gasteiger partial charge in [-0.15, -0.1) is 0 Å². The molecule has 1 aliphatic rings. The lowest BCUT2D eigenvalue weighted by Gasteiger charge is -2.34. The summed E-state index contributed by atoms with van der Waals surface area (Å²) in [4.78, 5) is 27.1. The maximum absolute atomic E-state index is 12.7. The minimum Gasteiger partial charge on any atom is -0.493 e. The zero-order valence-electron chi connectivity index (χ0n) is 19.2. The Morgan fingerprint density at radius 3 is 2.39 bits per heavy atom. The van der Waals surface area contributed by atoms with Crippen molar-refractivity contribution in [3.63, 3.8) is 0 Å². The normalized spacial score (nSPS) is 14.7. The number of aryl methyl sites for hydroxylation is 1. The topological polar surface area (TPSA) is 94.5 Å². The Balaban J connectivity index is 1.48. The van der Waals surface area contributed by atoms with Gasteiger partial charge in [0.25, 0.3) is 0 Å². The summed E-state index contributed by atoms with van der Waals surface area (Å²) in [5, 5.41) is 0.867. The number of hydrogen-bond donors (Lipinski definition) is 1. The largest absolute Gasteiger partial charge is 0.493 e. The molecule has 1 N–H and O–H groups in total. The van der Waals surface area contributed by atoms with Gasteiger partial charge in [0.15, 0.2) is 11.5 Å². The summed E-state index contributed by atoms with van der Waals surface area (Å²) in [6, 6.07) is 10.2. The van der Waals surface area contributed by atoms with E-state index in [-0.39, 0.29) is 11.7 Å². The van der Waals surface area contributed by atoms with Crippen molar-refractivity contribution in [1.82, 2.24) is 19.5 Å². The van der Waals surface area contributed by atoms with Crippen molar-refractivity contribution in [2.45, 2.75) is 25.8 Å². The van der Waals surface area contributed by atoms with Gasteiger partial charge in [-0.1, -0.05) is 6.07 Å². The van der Waals surface area contributed by atoms with Gasteiger partial charge in [-0.25, -0.2) is 4.79 Å². The van der Waals surface area contributed by atoms with Gasteiger partial charge in [-0.3, -0.25) is 4.57 Å². The third-order valence-electron chi connectivity index (χ3n) is 6.34. The molecular formula is C24H27N5O4. The number of methoxy groups -OCH3 is 3. The number of aromatic amines is 1. The monoisotopic (exact) mass is 449 g/mol. The predicted molar refractivity (Wildman–Crippen MR) is 127 cm³/mol. The second-order valence-electron chi connectivity index (χ2n) is 8.30. The number of imidazole rings is 1. The molecule has 0 saturated carbocycles. The third-order valence-corrected chi connectivity index (χ3v) is 6.34. The molecule has 33 heavy (non-hydrogen) atoms. The average Bonchev–Trinajstić information content (AvgIpc) is 3.17. The Labute approximate surface area is 190 Å². The molecule has 172 valence electrons. The number of nitrogens with one attached hydrogen (secondary N) is 1. The van der Waals surface area contributed by atoms with Crippen molar-refractivity contribution in [3.05, 3.63) is 46.4 Å². The highest BCUT2D eigenvalue weighted by Gasteiger charge is 2.26. The van der Waals surface area contributed by atoms with E-state index in [1.54, 1.807) is 21.3 Å². The summed E-state index contributed by atoms with van der Waals surface area (Å²) in [6.45, 7) is 3.52. The molecule has 1 saturated heterocycles. The molecule has 1 aliphatic heterocycles. The van der Waals surface area contributed by atoms with E-state index in [9.17, 15) is 4.79 Å². The zero-order chi connectivity index (χ0) is 23.1. The van der Waals surface area contributed by atoms with Crippen LogP contribution in [0, 0.1) is 6.92 Å². The standard InChI is InChI=1S/C24H27N5O4/c1-14-5-6-19-18(11-14)26-24(30)29(19)15-7-9-28(10-8-15)22-16-12-20(31-2)21(32-3)13-17(16)25-23(27-22)33-4/h5-6,11-13,15H,7-10H2,1-4H3,(H,26,30). The molecular weight excluding hydrogens is 422 g/mol. The van der Waals surface area contributed by atoms with Gasteiger partial charge in [0, 0.05) is 30.6 Å². The Morgan fingerprint density at radius 1 is 0.970 bits per heavy atom. The van der Waals surface area contributed by atoms with Crippen molar-refractivity contribution < 1.29 is 14.2 Å². The van der Waals surface area contributed by atoms with Gasteiger partial charge in [0.2, 0.25) is 0 Å². The fourth-order valence-corrected chi connectivity index (χ4v) is 4.69. The lowest BCUT2D eigenvalue weighted by molar-refractivity contribution is 0.355. The highest BCUT2D eigenvalue weighted by Crippen LogP contribution is 2.37. The van der Waals surface area contributed by atoms with Crippen LogP contribution in [0.2, 0.25) is 0 Å². The number of ether oxygens (including phenoxy) is 3. The second kappa shape index (κ2) is 8.31. The molecule has 5 rings (SSSR count). The molecule has 0 aliphatic carbocycles. The highest BCUT2D eigenvalue weighted by molar-refractivity contribution is 5.92. The Hall–Kier alpha value is -3.75. The van der Waals surface area contributed by atoms with E-state index < -0.39 is 0 Å². The van der Waals surface area contributed by atoms with Crippen molar-refractivity contribution >= 4 is 27.8 Å². The highest BCUT2D eigenvalue weighted by atomic mass is 16.5. The maximum Gasteiger partial charge on any atom is 0.326 e. The van der Waals surface area contributed by atoms with Gasteiger partial charge in [-0.2, -0.15) is 9.97 Å². The van der Waals surface area contributed by atoms with Gasteiger partial charge in [-0.05, 0) is 43.5 Å². The number of aromatic nitrogens is 4. The number of rotatable bonds is 5. The van der Waals surface area contributed by atoms with Crippen LogP contribution < -0.4 is 24.8 Å². The van der Waals surface area contributed by atoms with E-state index in [0.29, 0.717) is 17.5 Å². The van der Waals surface area contributed by atoms with Crippen molar-refractivity contribution in [2.24, 2.45) is 0 Å². The summed E-state index contributed by atoms with van der Waals surface area (Å²) in [7, 11) is 4.77. The van der Waals surface area contributed by atoms with Crippen molar-refractivity contribution in [3.8, 4) is 17.5 Å². The molecule has 0 unspecified atom stereocenters. The van der Waals surface area contributed by atoms with Gasteiger partial charge < -0.3 is 24.1 Å². The molecule has 9 heteroatoms. The zero-order valence-corrected chi connectivity index (χ0v) is 19.2. The van der Waals surface area contributed by atoms with Crippen LogP contribution in [0.1, 0.15) is 24.4 Å². The SMILES string of the molecule is COc1nc(N2CCC(n3c(=O)[nH]c4cc(C)ccc43)CC2)c2cc(OC)c(OC)cc2n1. The number of nitrogens with zero attached hydrogens (tertiary/aromatic N) is 4. The summed E-state index contributed by atoms with van der Waals surface area (Å²) >= 11 is 0. The van der Waals surface area contributed by atoms with E-state index in [1.807, 2.05) is 41.8 Å². The van der Waals surface area contributed by atoms with Gasteiger partial charge in [0.05, 0.1) is 37.9 Å². The second-order valence-corrected chi connectivity index (χ2v) is 8.30. The van der Waals surface area contributed by atoms with Gasteiger partial charge >= 0.3 is 11.7 Å². The van der Waals surface area contributed by atoms with Crippen LogP contribution in [0.25, 0.3) is 21.9 Å². The molecule has 9 nitrogen and oxygen atoms in total. The summed E-state index contributed by atoms with van der Waals surface area (Å²) in [5.41, 5.74) is 3.63. The first-order chi connectivity index (χ1) is 16.0. The van der Waals surface area contributed by atoms with E-state index in [0.717, 1.165) is 59.2 Å². The van der Waals surface area contributed by atoms with Crippen molar-refractivity contribution in [1.29, 1.82) is 0 Å². The molecule has 4 aromatic rings. The summed E-state index contributed by atoms with van der Waals surface area (Å²) < 4.78 is 18.2. The number of piperidine rings is 1. The number of anilines is 1. The first kappa shape index (κ1) is 21.1. The number of benzene rings is 2. The summed E-state index contributed by atoms with van der Waals surface area (Å²) in [5.74, 6) is 2.01. The molecule has 1 fully saturated rings. The molecule has 0 radical (unpaired) electrons. The number of fused-ring (bicyclic) bond motifs is 2. The van der Waals surface area contributed by atoms with E-state index in [4.69, 9.17) is 14.2 Å². The fraction of sp³-hybridized carbons (Fsp3) is 0.375. The molecule has 2 aromatic carbocycles. The Bertz CT molecular complexity index is 1390. The molecule has 3 heterocycles. The minimum absolute atomic E-state index is 0.0555. The van der Waals surface area contributed by atoms with Crippen LogP contribution in [0.4, 0.5) is 5.82 Å². The first-order valence-electron chi connectivity index (χ1n) is 11.0. The Morgan fingerprint density at radius 2 is 1.70 bits per heavy atom. The molecule has 0 atom stereocenters. The number of hydrogen-bond acceptors (Lipinski definition) is 7. The minimum atomic E-state index is -0.0555. The van der Waals surface area contributed by atoms with Crippen LogP contribution in [0.5, 0.6) is 17.5 Å². The first-order valence-corrected chi connectivity index (χ1v) is 11.0. The van der Waals surface area contributed by atoms with Crippen molar-refractivity contribution in [2.75, 3.05) is 39.3 Å². The van der Waals surface area contributed by atoms with Crippen LogP contribution in [0.15, 0.2) is 35.1 Å². The smallest absolute Gasteiger partial charge is 0.326 e.